The number of nitrogens with zero attached hydrogens (tertiary/aromatic N) is 2. The van der Waals surface area contributed by atoms with E-state index in [1.54, 1.807) is 24.5 Å². The van der Waals surface area contributed by atoms with Gasteiger partial charge in [-0.2, -0.15) is 0 Å². The number of carbonyl (C=O) groups excluding carboxylic acids is 1. The molecule has 0 bridgehead atoms. The number of aromatic nitrogens is 1. The lowest BCUT2D eigenvalue weighted by Gasteiger charge is -2.25. The number of pyridine rings is 1. The van der Waals surface area contributed by atoms with Crippen molar-refractivity contribution in [2.45, 2.75) is 38.1 Å². The minimum Gasteiger partial charge on any atom is -0.494 e. The molecule has 1 saturated heterocycles. The molecule has 1 amide bonds. The molecule has 0 radical (unpaired) electrons. The number of ether oxygens (including phenoxy) is 1. The third kappa shape index (κ3) is 4.35. The van der Waals surface area contributed by atoms with Gasteiger partial charge in [-0.15, -0.1) is 0 Å². The fourth-order valence-corrected chi connectivity index (χ4v) is 3.44. The van der Waals surface area contributed by atoms with Gasteiger partial charge < -0.3 is 9.64 Å². The van der Waals surface area contributed by atoms with E-state index in [4.69, 9.17) is 4.74 Å². The number of benzene rings is 1. The van der Waals surface area contributed by atoms with Gasteiger partial charge in [0.25, 0.3) is 0 Å². The van der Waals surface area contributed by atoms with E-state index in [9.17, 15) is 9.18 Å². The van der Waals surface area contributed by atoms with E-state index in [-0.39, 0.29) is 24.1 Å². The number of methoxy groups -OCH3 is 1. The Hall–Kier alpha value is -2.43. The van der Waals surface area contributed by atoms with E-state index < -0.39 is 5.82 Å². The number of hydrogen-bond donors (Lipinski definition) is 0. The molecule has 2 aromatic rings. The highest BCUT2D eigenvalue weighted by molar-refractivity contribution is 5.79. The van der Waals surface area contributed by atoms with Crippen molar-refractivity contribution in [3.8, 4) is 5.75 Å². The summed E-state index contributed by atoms with van der Waals surface area (Å²) in [7, 11) is 1.43. The van der Waals surface area contributed by atoms with Crippen molar-refractivity contribution in [3.05, 3.63) is 59.7 Å². The summed E-state index contributed by atoms with van der Waals surface area (Å²) < 4.78 is 18.7. The van der Waals surface area contributed by atoms with Gasteiger partial charge in [0.15, 0.2) is 11.6 Å². The molecule has 1 atom stereocenters. The molecule has 132 valence electrons. The molecular formula is C20H23FN2O2. The van der Waals surface area contributed by atoms with Gasteiger partial charge in [-0.1, -0.05) is 6.07 Å². The molecule has 1 unspecified atom stereocenters. The first-order valence-corrected chi connectivity index (χ1v) is 8.68. The minimum atomic E-state index is -0.427. The van der Waals surface area contributed by atoms with Crippen LogP contribution in [-0.2, 0) is 17.6 Å². The molecule has 1 fully saturated rings. The highest BCUT2D eigenvalue weighted by Gasteiger charge is 2.28. The monoisotopic (exact) mass is 342 g/mol. The van der Waals surface area contributed by atoms with Crippen LogP contribution in [-0.4, -0.2) is 35.5 Å². The molecule has 2 heterocycles. The Kier molecular flexibility index (Phi) is 5.64. The third-order valence-electron chi connectivity index (χ3n) is 4.78. The molecule has 5 heteroatoms. The Balaban J connectivity index is 1.59. The van der Waals surface area contributed by atoms with Crippen molar-refractivity contribution in [1.29, 1.82) is 0 Å². The van der Waals surface area contributed by atoms with E-state index >= 15 is 0 Å². The maximum absolute atomic E-state index is 13.8. The van der Waals surface area contributed by atoms with Gasteiger partial charge in [-0.3, -0.25) is 9.78 Å². The lowest BCUT2D eigenvalue weighted by atomic mass is 10.0. The minimum absolute atomic E-state index is 0.0711. The molecule has 0 aliphatic carbocycles. The topological polar surface area (TPSA) is 42.4 Å². The normalized spacial score (nSPS) is 16.9. The summed E-state index contributed by atoms with van der Waals surface area (Å²) in [5, 5.41) is 0. The zero-order chi connectivity index (χ0) is 17.6. The second-order valence-corrected chi connectivity index (χ2v) is 6.42. The maximum atomic E-state index is 13.8. The summed E-state index contributed by atoms with van der Waals surface area (Å²) in [6, 6.07) is 9.01. The second-order valence-electron chi connectivity index (χ2n) is 6.42. The molecule has 0 saturated carbocycles. The lowest BCUT2D eigenvalue weighted by molar-refractivity contribution is -0.131. The molecule has 1 aliphatic rings. The molecule has 0 spiro atoms. The van der Waals surface area contributed by atoms with Crippen molar-refractivity contribution in [2.24, 2.45) is 0 Å². The molecular weight excluding hydrogens is 319 g/mol. The van der Waals surface area contributed by atoms with Gasteiger partial charge in [-0.25, -0.2) is 4.39 Å². The van der Waals surface area contributed by atoms with Gasteiger partial charge in [-0.05, 0) is 61.1 Å². The van der Waals surface area contributed by atoms with Crippen LogP contribution in [0.15, 0.2) is 42.7 Å². The quantitative estimate of drug-likeness (QED) is 0.808. The summed E-state index contributed by atoms with van der Waals surface area (Å²) in [6.45, 7) is 0.790. The smallest absolute Gasteiger partial charge is 0.227 e. The van der Waals surface area contributed by atoms with Gasteiger partial charge in [0.05, 0.1) is 13.5 Å². The molecule has 25 heavy (non-hydrogen) atoms. The first kappa shape index (κ1) is 17.4. The number of amides is 1. The summed E-state index contributed by atoms with van der Waals surface area (Å²) in [5.41, 5.74) is 1.93. The number of rotatable bonds is 6. The first-order valence-electron chi connectivity index (χ1n) is 8.68. The zero-order valence-electron chi connectivity index (χ0n) is 14.5. The van der Waals surface area contributed by atoms with E-state index in [1.807, 2.05) is 17.0 Å². The molecule has 1 aromatic carbocycles. The Labute approximate surface area is 147 Å². The van der Waals surface area contributed by atoms with E-state index in [0.717, 1.165) is 32.2 Å². The SMILES string of the molecule is COc1ccc(CC(=O)N2CCCC2CCc2ccncc2)cc1F. The molecule has 3 rings (SSSR count). The average Bonchev–Trinajstić information content (AvgIpc) is 3.10. The van der Waals surface area contributed by atoms with Gasteiger partial charge in [0.1, 0.15) is 0 Å². The Morgan fingerprint density at radius 1 is 1.28 bits per heavy atom. The van der Waals surface area contributed by atoms with Crippen molar-refractivity contribution < 1.29 is 13.9 Å². The van der Waals surface area contributed by atoms with Crippen LogP contribution in [0.4, 0.5) is 4.39 Å². The van der Waals surface area contributed by atoms with Gasteiger partial charge in [0, 0.05) is 25.0 Å². The molecule has 4 nitrogen and oxygen atoms in total. The number of carbonyl (C=O) groups is 1. The van der Waals surface area contributed by atoms with Crippen LogP contribution < -0.4 is 4.74 Å². The predicted molar refractivity (Wildman–Crippen MR) is 93.9 cm³/mol. The largest absolute Gasteiger partial charge is 0.494 e. The maximum Gasteiger partial charge on any atom is 0.227 e. The Morgan fingerprint density at radius 3 is 2.80 bits per heavy atom. The molecule has 1 aromatic heterocycles. The lowest BCUT2D eigenvalue weighted by Crippen LogP contribution is -2.36. The van der Waals surface area contributed by atoms with Crippen LogP contribution in [0.25, 0.3) is 0 Å². The Bertz CT molecular complexity index is 721. The number of hydrogen-bond acceptors (Lipinski definition) is 3. The molecule has 0 N–H and O–H groups in total. The van der Waals surface area contributed by atoms with Crippen molar-refractivity contribution >= 4 is 5.91 Å². The Morgan fingerprint density at radius 2 is 2.08 bits per heavy atom. The standard InChI is InChI=1S/C20H23FN2O2/c1-25-19-7-5-16(13-18(19)21)14-20(24)23-12-2-3-17(23)6-4-15-8-10-22-11-9-15/h5,7-11,13,17H,2-4,6,12,14H2,1H3. The van der Waals surface area contributed by atoms with E-state index in [0.29, 0.717) is 5.56 Å². The number of halogens is 1. The van der Waals surface area contributed by atoms with Crippen LogP contribution in [0.2, 0.25) is 0 Å². The third-order valence-corrected chi connectivity index (χ3v) is 4.78. The van der Waals surface area contributed by atoms with Gasteiger partial charge >= 0.3 is 0 Å². The van der Waals surface area contributed by atoms with Crippen molar-refractivity contribution in [1.82, 2.24) is 9.88 Å². The summed E-state index contributed by atoms with van der Waals surface area (Å²) in [5.74, 6) is -0.155. The highest BCUT2D eigenvalue weighted by atomic mass is 19.1. The fourth-order valence-electron chi connectivity index (χ4n) is 3.44. The van der Waals surface area contributed by atoms with Crippen molar-refractivity contribution in [3.63, 3.8) is 0 Å². The highest BCUT2D eigenvalue weighted by Crippen LogP contribution is 2.24. The van der Waals surface area contributed by atoms with Crippen LogP contribution in [0.1, 0.15) is 30.4 Å². The number of likely N-dealkylation sites (tertiary alicyclic amines) is 1. The van der Waals surface area contributed by atoms with Crippen LogP contribution >= 0.6 is 0 Å². The number of aryl methyl sites for hydroxylation is 1. The zero-order valence-corrected chi connectivity index (χ0v) is 14.5. The van der Waals surface area contributed by atoms with Crippen molar-refractivity contribution in [2.75, 3.05) is 13.7 Å². The van der Waals surface area contributed by atoms with Crippen LogP contribution in [0.3, 0.4) is 0 Å². The van der Waals surface area contributed by atoms with Crippen LogP contribution in [0, 0.1) is 5.82 Å². The predicted octanol–water partition coefficient (Wildman–Crippen LogP) is 3.40. The average molecular weight is 342 g/mol. The van der Waals surface area contributed by atoms with Gasteiger partial charge in [0.2, 0.25) is 5.91 Å². The first-order chi connectivity index (χ1) is 12.2. The second kappa shape index (κ2) is 8.10. The summed E-state index contributed by atoms with van der Waals surface area (Å²) in [4.78, 5) is 18.7. The van der Waals surface area contributed by atoms with E-state index in [2.05, 4.69) is 4.98 Å². The van der Waals surface area contributed by atoms with Crippen LogP contribution in [0.5, 0.6) is 5.75 Å². The molecule has 1 aliphatic heterocycles. The summed E-state index contributed by atoms with van der Waals surface area (Å²) >= 11 is 0. The fraction of sp³-hybridized carbons (Fsp3) is 0.400. The summed E-state index contributed by atoms with van der Waals surface area (Å²) in [6.07, 6.45) is 7.78. The van der Waals surface area contributed by atoms with E-state index in [1.165, 1.54) is 18.7 Å².